The molecule has 19 heavy (non-hydrogen) atoms. The van der Waals surface area contributed by atoms with Gasteiger partial charge < -0.3 is 5.73 Å². The molecule has 0 aliphatic rings. The topological polar surface area (TPSA) is 43.8 Å². The van der Waals surface area contributed by atoms with E-state index in [2.05, 4.69) is 39.2 Å². The van der Waals surface area contributed by atoms with Gasteiger partial charge >= 0.3 is 0 Å². The van der Waals surface area contributed by atoms with Crippen molar-refractivity contribution in [2.45, 2.75) is 12.5 Å². The Morgan fingerprint density at radius 2 is 2.11 bits per heavy atom. The molecule has 0 fully saturated rings. The first-order chi connectivity index (χ1) is 9.15. The monoisotopic (exact) mass is 335 g/mol. The largest absolute Gasteiger partial charge is 0.323 e. The molecule has 0 spiro atoms. The van der Waals surface area contributed by atoms with Gasteiger partial charge in [-0.15, -0.1) is 11.3 Å². The Morgan fingerprint density at radius 1 is 1.32 bits per heavy atom. The maximum atomic E-state index is 6.28. The summed E-state index contributed by atoms with van der Waals surface area (Å²) in [5.41, 5.74) is 8.50. The maximum Gasteiger partial charge on any atom is 0.0722 e. The van der Waals surface area contributed by atoms with Crippen LogP contribution in [0.3, 0.4) is 0 Å². The van der Waals surface area contributed by atoms with Gasteiger partial charge in [0.1, 0.15) is 0 Å². The zero-order chi connectivity index (χ0) is 13.4. The van der Waals surface area contributed by atoms with E-state index in [9.17, 15) is 0 Å². The van der Waals surface area contributed by atoms with Crippen molar-refractivity contribution in [3.63, 3.8) is 0 Å². The first-order valence-electron chi connectivity index (χ1n) is 6.06. The molecule has 1 aromatic carbocycles. The third-order valence-corrected chi connectivity index (χ3v) is 4.96. The van der Waals surface area contributed by atoms with E-state index in [0.717, 1.165) is 21.4 Å². The Morgan fingerprint density at radius 3 is 2.84 bits per heavy atom. The number of halogens is 1. The number of aromatic nitrogens is 2. The standard InChI is InChI=1S/C14H14BrN3S/c1-18-12-5-3-2-4-9(12)11(17-18)8-10(16)13-6-7-14(15)19-13/h2-7,10H,8,16H2,1H3. The van der Waals surface area contributed by atoms with Crippen molar-refractivity contribution in [3.8, 4) is 0 Å². The second-order valence-corrected chi connectivity index (χ2v) is 7.03. The van der Waals surface area contributed by atoms with Gasteiger partial charge in [0.2, 0.25) is 0 Å². The summed E-state index contributed by atoms with van der Waals surface area (Å²) < 4.78 is 3.03. The highest BCUT2D eigenvalue weighted by Gasteiger charge is 2.14. The average molecular weight is 336 g/mol. The molecule has 3 rings (SSSR count). The van der Waals surface area contributed by atoms with Crippen LogP contribution < -0.4 is 5.73 Å². The van der Waals surface area contributed by atoms with Gasteiger partial charge in [-0.3, -0.25) is 4.68 Å². The fraction of sp³-hybridized carbons (Fsp3) is 0.214. The second-order valence-electron chi connectivity index (χ2n) is 4.54. The first kappa shape index (κ1) is 12.8. The molecule has 2 N–H and O–H groups in total. The Labute approximate surface area is 124 Å². The number of hydrogen-bond acceptors (Lipinski definition) is 3. The second kappa shape index (κ2) is 5.07. The molecule has 0 saturated carbocycles. The Hall–Kier alpha value is -1.17. The minimum atomic E-state index is -0.00499. The lowest BCUT2D eigenvalue weighted by Gasteiger charge is -2.07. The Balaban J connectivity index is 1.93. The Bertz CT molecular complexity index is 716. The van der Waals surface area contributed by atoms with Gasteiger partial charge in [-0.1, -0.05) is 18.2 Å². The molecule has 1 atom stereocenters. The molecule has 0 radical (unpaired) electrons. The molecule has 1 unspecified atom stereocenters. The smallest absolute Gasteiger partial charge is 0.0722 e. The zero-order valence-corrected chi connectivity index (χ0v) is 12.9. The van der Waals surface area contributed by atoms with E-state index in [1.165, 1.54) is 10.3 Å². The molecule has 5 heteroatoms. The minimum Gasteiger partial charge on any atom is -0.323 e. The highest BCUT2D eigenvalue weighted by molar-refractivity contribution is 9.11. The highest BCUT2D eigenvalue weighted by Crippen LogP contribution is 2.29. The molecule has 0 aliphatic carbocycles. The van der Waals surface area contributed by atoms with E-state index in [1.54, 1.807) is 11.3 Å². The van der Waals surface area contributed by atoms with E-state index in [0.29, 0.717) is 0 Å². The van der Waals surface area contributed by atoms with Crippen LogP contribution in [0, 0.1) is 0 Å². The SMILES string of the molecule is Cn1nc(CC(N)c2ccc(Br)s2)c2ccccc21. The van der Waals surface area contributed by atoms with Crippen LogP contribution in [0.25, 0.3) is 10.9 Å². The van der Waals surface area contributed by atoms with Gasteiger partial charge in [-0.25, -0.2) is 0 Å². The predicted molar refractivity (Wildman–Crippen MR) is 83.4 cm³/mol. The normalized spacial score (nSPS) is 13.0. The number of hydrogen-bond donors (Lipinski definition) is 1. The fourth-order valence-corrected chi connectivity index (χ4v) is 3.70. The molecule has 0 bridgehead atoms. The number of nitrogens with zero attached hydrogens (tertiary/aromatic N) is 2. The van der Waals surface area contributed by atoms with Crippen LogP contribution >= 0.6 is 27.3 Å². The van der Waals surface area contributed by atoms with Crippen LogP contribution in [0.1, 0.15) is 16.6 Å². The molecule has 0 aliphatic heterocycles. The Kier molecular flexibility index (Phi) is 3.43. The lowest BCUT2D eigenvalue weighted by atomic mass is 10.1. The molecule has 3 nitrogen and oxygen atoms in total. The molecule has 98 valence electrons. The van der Waals surface area contributed by atoms with E-state index in [-0.39, 0.29) is 6.04 Å². The number of benzene rings is 1. The number of thiophene rings is 1. The van der Waals surface area contributed by atoms with Crippen molar-refractivity contribution >= 4 is 38.2 Å². The third kappa shape index (κ3) is 2.45. The van der Waals surface area contributed by atoms with Gasteiger partial charge in [0.05, 0.1) is 15.0 Å². The summed E-state index contributed by atoms with van der Waals surface area (Å²) in [6.45, 7) is 0. The molecule has 2 aromatic heterocycles. The quantitative estimate of drug-likeness (QED) is 0.794. The molecule has 2 heterocycles. The molecule has 0 amide bonds. The summed E-state index contributed by atoms with van der Waals surface area (Å²) >= 11 is 5.16. The lowest BCUT2D eigenvalue weighted by Crippen LogP contribution is -2.12. The molecular formula is C14H14BrN3S. The van der Waals surface area contributed by atoms with Gasteiger partial charge in [-0.2, -0.15) is 5.10 Å². The van der Waals surface area contributed by atoms with Gasteiger partial charge in [-0.05, 0) is 34.1 Å². The van der Waals surface area contributed by atoms with Crippen LogP contribution in [0.2, 0.25) is 0 Å². The van der Waals surface area contributed by atoms with Crippen molar-refractivity contribution in [2.24, 2.45) is 12.8 Å². The van der Waals surface area contributed by atoms with Crippen molar-refractivity contribution in [3.05, 3.63) is 50.8 Å². The van der Waals surface area contributed by atoms with Crippen molar-refractivity contribution in [2.75, 3.05) is 0 Å². The number of nitrogens with two attached hydrogens (primary N) is 1. The predicted octanol–water partition coefficient (Wildman–Crippen LogP) is 3.64. The number of para-hydroxylation sites is 1. The fourth-order valence-electron chi connectivity index (χ4n) is 2.28. The number of rotatable bonds is 3. The third-order valence-electron chi connectivity index (χ3n) is 3.21. The van der Waals surface area contributed by atoms with Crippen molar-refractivity contribution in [1.82, 2.24) is 9.78 Å². The van der Waals surface area contributed by atoms with Crippen LogP contribution in [0.4, 0.5) is 0 Å². The van der Waals surface area contributed by atoms with E-state index in [1.807, 2.05) is 29.9 Å². The highest BCUT2D eigenvalue weighted by atomic mass is 79.9. The van der Waals surface area contributed by atoms with E-state index in [4.69, 9.17) is 5.73 Å². The summed E-state index contributed by atoms with van der Waals surface area (Å²) in [6, 6.07) is 12.4. The maximum absolute atomic E-state index is 6.28. The van der Waals surface area contributed by atoms with Gasteiger partial charge in [0, 0.05) is 29.8 Å². The van der Waals surface area contributed by atoms with Gasteiger partial charge in [0.25, 0.3) is 0 Å². The molecular weight excluding hydrogens is 322 g/mol. The minimum absolute atomic E-state index is 0.00499. The van der Waals surface area contributed by atoms with E-state index >= 15 is 0 Å². The summed E-state index contributed by atoms with van der Waals surface area (Å²) in [7, 11) is 1.97. The van der Waals surface area contributed by atoms with Crippen LogP contribution in [0.5, 0.6) is 0 Å². The average Bonchev–Trinajstić information content (AvgIpc) is 2.96. The zero-order valence-electron chi connectivity index (χ0n) is 10.5. The summed E-state index contributed by atoms with van der Waals surface area (Å²) in [4.78, 5) is 1.18. The van der Waals surface area contributed by atoms with Crippen molar-refractivity contribution < 1.29 is 0 Å². The van der Waals surface area contributed by atoms with Crippen LogP contribution in [-0.4, -0.2) is 9.78 Å². The lowest BCUT2D eigenvalue weighted by molar-refractivity contribution is 0.691. The summed E-state index contributed by atoms with van der Waals surface area (Å²) in [5.74, 6) is 0. The number of aryl methyl sites for hydroxylation is 1. The van der Waals surface area contributed by atoms with Gasteiger partial charge in [0.15, 0.2) is 0 Å². The first-order valence-corrected chi connectivity index (χ1v) is 7.67. The van der Waals surface area contributed by atoms with Crippen LogP contribution in [0.15, 0.2) is 40.2 Å². The molecule has 0 saturated heterocycles. The summed E-state index contributed by atoms with van der Waals surface area (Å²) in [5, 5.41) is 5.78. The van der Waals surface area contributed by atoms with Crippen molar-refractivity contribution in [1.29, 1.82) is 0 Å². The molecule has 3 aromatic rings. The van der Waals surface area contributed by atoms with Crippen LogP contribution in [-0.2, 0) is 13.5 Å². The summed E-state index contributed by atoms with van der Waals surface area (Å²) in [6.07, 6.45) is 0.758. The van der Waals surface area contributed by atoms with E-state index < -0.39 is 0 Å². The number of fused-ring (bicyclic) bond motifs is 1.